The van der Waals surface area contributed by atoms with E-state index in [1.165, 1.54) is 48.5 Å². The van der Waals surface area contributed by atoms with Gasteiger partial charge in [-0.3, -0.25) is 19.7 Å². The first-order chi connectivity index (χ1) is 11.5. The van der Waals surface area contributed by atoms with Gasteiger partial charge < -0.3 is 10.1 Å². The van der Waals surface area contributed by atoms with Crippen molar-refractivity contribution >= 4 is 29.5 Å². The lowest BCUT2D eigenvalue weighted by Gasteiger charge is -2.06. The van der Waals surface area contributed by atoms with Crippen LogP contribution in [0.2, 0.25) is 0 Å². The van der Waals surface area contributed by atoms with E-state index >= 15 is 0 Å². The molecule has 1 amide bonds. The molecule has 0 heterocycles. The Morgan fingerprint density at radius 1 is 1.08 bits per heavy atom. The van der Waals surface area contributed by atoms with Crippen molar-refractivity contribution < 1.29 is 24.0 Å². The highest BCUT2D eigenvalue weighted by atomic mass is 16.6. The smallest absolute Gasteiger partial charge is 0.338 e. The maximum atomic E-state index is 11.8. The molecule has 122 valence electrons. The van der Waals surface area contributed by atoms with Crippen LogP contribution < -0.4 is 5.32 Å². The van der Waals surface area contributed by atoms with Gasteiger partial charge in [0.15, 0.2) is 6.61 Å². The highest BCUT2D eigenvalue weighted by Gasteiger charge is 2.11. The van der Waals surface area contributed by atoms with Crippen molar-refractivity contribution in [3.63, 3.8) is 0 Å². The molecule has 0 saturated heterocycles. The number of benzene rings is 2. The molecule has 2 aromatic carbocycles. The minimum atomic E-state index is -0.703. The van der Waals surface area contributed by atoms with Crippen molar-refractivity contribution in [3.05, 3.63) is 69.8 Å². The average Bonchev–Trinajstić information content (AvgIpc) is 2.60. The van der Waals surface area contributed by atoms with E-state index in [4.69, 9.17) is 4.74 Å². The van der Waals surface area contributed by atoms with Gasteiger partial charge in [0.1, 0.15) is 6.29 Å². The third-order valence-electron chi connectivity index (χ3n) is 2.98. The number of non-ortho nitro benzene ring substituents is 1. The quantitative estimate of drug-likeness (QED) is 0.376. The van der Waals surface area contributed by atoms with Crippen LogP contribution in [0.1, 0.15) is 20.7 Å². The number of nitrogens with one attached hydrogen (secondary N) is 1. The summed E-state index contributed by atoms with van der Waals surface area (Å²) < 4.78 is 4.85. The van der Waals surface area contributed by atoms with E-state index in [9.17, 15) is 24.5 Å². The fourth-order valence-corrected chi connectivity index (χ4v) is 1.78. The van der Waals surface area contributed by atoms with Gasteiger partial charge in [0, 0.05) is 23.4 Å². The molecule has 8 nitrogen and oxygen atoms in total. The first-order valence-electron chi connectivity index (χ1n) is 6.76. The zero-order valence-corrected chi connectivity index (χ0v) is 12.3. The first kappa shape index (κ1) is 16.8. The third-order valence-corrected chi connectivity index (χ3v) is 2.98. The average molecular weight is 328 g/mol. The first-order valence-corrected chi connectivity index (χ1v) is 6.76. The van der Waals surface area contributed by atoms with E-state index in [1.54, 1.807) is 0 Å². The SMILES string of the molecule is O=Cc1ccc(C(=O)OCC(=O)Nc2ccc([N+](=O)[O-])cc2)cc1. The zero-order chi connectivity index (χ0) is 17.5. The van der Waals surface area contributed by atoms with Gasteiger partial charge in [-0.05, 0) is 24.3 Å². The summed E-state index contributed by atoms with van der Waals surface area (Å²) in [6.07, 6.45) is 0.646. The largest absolute Gasteiger partial charge is 0.452 e. The number of hydrogen-bond acceptors (Lipinski definition) is 6. The molecule has 0 aliphatic rings. The number of amides is 1. The van der Waals surface area contributed by atoms with Crippen LogP contribution in [0.3, 0.4) is 0 Å². The molecule has 1 N–H and O–H groups in total. The molecule has 0 bridgehead atoms. The summed E-state index contributed by atoms with van der Waals surface area (Å²) in [6, 6.07) is 11.0. The van der Waals surface area contributed by atoms with E-state index < -0.39 is 23.4 Å². The van der Waals surface area contributed by atoms with Crippen LogP contribution in [-0.4, -0.2) is 29.7 Å². The van der Waals surface area contributed by atoms with Gasteiger partial charge in [0.05, 0.1) is 10.5 Å². The maximum Gasteiger partial charge on any atom is 0.338 e. The van der Waals surface area contributed by atoms with Crippen molar-refractivity contribution in [1.29, 1.82) is 0 Å². The van der Waals surface area contributed by atoms with Crippen LogP contribution in [0.5, 0.6) is 0 Å². The van der Waals surface area contributed by atoms with Gasteiger partial charge >= 0.3 is 5.97 Å². The number of esters is 1. The minimum absolute atomic E-state index is 0.0989. The number of hydrogen-bond donors (Lipinski definition) is 1. The molecule has 0 aliphatic carbocycles. The number of aldehydes is 1. The van der Waals surface area contributed by atoms with E-state index in [1.807, 2.05) is 0 Å². The molecule has 0 fully saturated rings. The highest BCUT2D eigenvalue weighted by Crippen LogP contribution is 2.15. The fraction of sp³-hybridized carbons (Fsp3) is 0.0625. The summed E-state index contributed by atoms with van der Waals surface area (Å²) in [7, 11) is 0. The topological polar surface area (TPSA) is 116 Å². The van der Waals surface area contributed by atoms with Crippen LogP contribution in [0.15, 0.2) is 48.5 Å². The third kappa shape index (κ3) is 4.47. The van der Waals surface area contributed by atoms with Crippen LogP contribution in [-0.2, 0) is 9.53 Å². The van der Waals surface area contributed by atoms with Crippen molar-refractivity contribution in [2.24, 2.45) is 0 Å². The summed E-state index contributed by atoms with van der Waals surface area (Å²) in [5, 5.41) is 13.0. The van der Waals surface area contributed by atoms with Gasteiger partial charge in [-0.2, -0.15) is 0 Å². The normalized spacial score (nSPS) is 9.83. The van der Waals surface area contributed by atoms with Crippen LogP contribution in [0.25, 0.3) is 0 Å². The molecule has 0 saturated carbocycles. The van der Waals surface area contributed by atoms with Crippen molar-refractivity contribution in [2.75, 3.05) is 11.9 Å². The van der Waals surface area contributed by atoms with Crippen LogP contribution in [0, 0.1) is 10.1 Å². The molecule has 0 spiro atoms. The van der Waals surface area contributed by atoms with Gasteiger partial charge in [-0.1, -0.05) is 12.1 Å². The summed E-state index contributed by atoms with van der Waals surface area (Å²) in [6.45, 7) is -0.509. The number of nitro groups is 1. The minimum Gasteiger partial charge on any atom is -0.452 e. The van der Waals surface area contributed by atoms with Crippen molar-refractivity contribution in [2.45, 2.75) is 0 Å². The van der Waals surface area contributed by atoms with Crippen molar-refractivity contribution in [3.8, 4) is 0 Å². The molecule has 0 aromatic heterocycles. The van der Waals surface area contributed by atoms with Gasteiger partial charge in [-0.15, -0.1) is 0 Å². The number of anilines is 1. The molecule has 0 radical (unpaired) electrons. The molecular weight excluding hydrogens is 316 g/mol. The Hall–Kier alpha value is -3.55. The second-order valence-corrected chi connectivity index (χ2v) is 4.67. The lowest BCUT2D eigenvalue weighted by molar-refractivity contribution is -0.384. The van der Waals surface area contributed by atoms with E-state index in [0.717, 1.165) is 0 Å². The van der Waals surface area contributed by atoms with E-state index in [2.05, 4.69) is 5.32 Å². The van der Waals surface area contributed by atoms with E-state index in [-0.39, 0.29) is 11.3 Å². The molecular formula is C16H12N2O6. The summed E-state index contributed by atoms with van der Waals surface area (Å²) in [5.74, 6) is -1.28. The van der Waals surface area contributed by atoms with Gasteiger partial charge in [0.25, 0.3) is 11.6 Å². The highest BCUT2D eigenvalue weighted by molar-refractivity contribution is 5.95. The summed E-state index contributed by atoms with van der Waals surface area (Å²) in [4.78, 5) is 44.0. The maximum absolute atomic E-state index is 11.8. The fourth-order valence-electron chi connectivity index (χ4n) is 1.78. The van der Waals surface area contributed by atoms with E-state index in [0.29, 0.717) is 17.5 Å². The van der Waals surface area contributed by atoms with Crippen molar-refractivity contribution in [1.82, 2.24) is 0 Å². The molecule has 24 heavy (non-hydrogen) atoms. The molecule has 0 aliphatic heterocycles. The molecule has 8 heteroatoms. The Morgan fingerprint density at radius 3 is 2.25 bits per heavy atom. The summed E-state index contributed by atoms with van der Waals surface area (Å²) in [5.41, 5.74) is 0.876. The second-order valence-electron chi connectivity index (χ2n) is 4.67. The number of carbonyl (C=O) groups is 3. The van der Waals surface area contributed by atoms with Gasteiger partial charge in [0.2, 0.25) is 0 Å². The zero-order valence-electron chi connectivity index (χ0n) is 12.3. The monoisotopic (exact) mass is 328 g/mol. The number of rotatable bonds is 6. The van der Waals surface area contributed by atoms with Crippen LogP contribution in [0.4, 0.5) is 11.4 Å². The van der Waals surface area contributed by atoms with Crippen LogP contribution >= 0.6 is 0 Å². The Kier molecular flexibility index (Phi) is 5.35. The number of carbonyl (C=O) groups excluding carboxylic acids is 3. The Balaban J connectivity index is 1.86. The molecule has 0 atom stereocenters. The standard InChI is InChI=1S/C16H12N2O6/c19-9-11-1-3-12(4-2-11)16(21)24-10-15(20)17-13-5-7-14(8-6-13)18(22)23/h1-9H,10H2,(H,17,20). The number of ether oxygens (including phenoxy) is 1. The lowest BCUT2D eigenvalue weighted by atomic mass is 10.1. The van der Waals surface area contributed by atoms with Gasteiger partial charge in [-0.25, -0.2) is 4.79 Å². The molecule has 0 unspecified atom stereocenters. The molecule has 2 rings (SSSR count). The molecule has 2 aromatic rings. The predicted octanol–water partition coefficient (Wildman–Crippen LogP) is 2.20. The second kappa shape index (κ2) is 7.63. The summed E-state index contributed by atoms with van der Waals surface area (Å²) >= 11 is 0. The predicted molar refractivity (Wildman–Crippen MR) is 83.8 cm³/mol. The Bertz CT molecular complexity index is 768. The number of nitro benzene ring substituents is 1. The number of nitrogens with zero attached hydrogens (tertiary/aromatic N) is 1. The Labute approximate surface area is 136 Å². The Morgan fingerprint density at radius 2 is 1.71 bits per heavy atom. The lowest BCUT2D eigenvalue weighted by Crippen LogP contribution is -2.20.